The number of hydrogen-bond donors (Lipinski definition) is 1. The van der Waals surface area contributed by atoms with Gasteiger partial charge in [-0.3, -0.25) is 5.43 Å². The summed E-state index contributed by atoms with van der Waals surface area (Å²) in [5.74, 6) is 0. The van der Waals surface area contributed by atoms with E-state index in [-0.39, 0.29) is 0 Å². The van der Waals surface area contributed by atoms with Gasteiger partial charge in [0.1, 0.15) is 0 Å². The third kappa shape index (κ3) is 2.33. The summed E-state index contributed by atoms with van der Waals surface area (Å²) in [7, 11) is 0. The molecular weight excluding hydrogens is 263 g/mol. The smallest absolute Gasteiger partial charge is 0.0333 e. The highest BCUT2D eigenvalue weighted by molar-refractivity contribution is 14.1. The maximum Gasteiger partial charge on any atom is 0.0333 e. The third-order valence-corrected chi connectivity index (χ3v) is 3.75. The van der Waals surface area contributed by atoms with Crippen LogP contribution in [0.15, 0.2) is 0 Å². The van der Waals surface area contributed by atoms with E-state index in [1.54, 1.807) is 0 Å². The van der Waals surface area contributed by atoms with E-state index in [4.69, 9.17) is 0 Å². The van der Waals surface area contributed by atoms with Crippen molar-refractivity contribution < 1.29 is 0 Å². The Hall–Kier alpha value is 0.650. The van der Waals surface area contributed by atoms with Crippen LogP contribution in [0.25, 0.3) is 0 Å². The zero-order chi connectivity index (χ0) is 8.39. The minimum Gasteiger partial charge on any atom is -0.252 e. The van der Waals surface area contributed by atoms with E-state index in [2.05, 4.69) is 33.0 Å². The number of nitrogens with one attached hydrogen (secondary N) is 1. The van der Waals surface area contributed by atoms with E-state index in [0.29, 0.717) is 0 Å². The van der Waals surface area contributed by atoms with Crippen LogP contribution in [0, 0.1) is 0 Å². The van der Waals surface area contributed by atoms with Gasteiger partial charge >= 0.3 is 0 Å². The average molecular weight is 280 g/mol. The van der Waals surface area contributed by atoms with Crippen LogP contribution in [-0.2, 0) is 0 Å². The van der Waals surface area contributed by atoms with Gasteiger partial charge in [0, 0.05) is 23.1 Å². The lowest BCUT2D eigenvalue weighted by molar-refractivity contribution is 0.0975. The Morgan fingerprint density at radius 3 is 2.75 bits per heavy atom. The zero-order valence-electron chi connectivity index (χ0n) is 7.43. The normalized spacial score (nSPS) is 32.2. The Morgan fingerprint density at radius 2 is 2.08 bits per heavy atom. The van der Waals surface area contributed by atoms with Crippen LogP contribution in [0.4, 0.5) is 0 Å². The van der Waals surface area contributed by atoms with Crippen molar-refractivity contribution >= 4 is 22.6 Å². The van der Waals surface area contributed by atoms with Gasteiger partial charge in [-0.15, -0.1) is 0 Å². The molecule has 1 heterocycles. The molecule has 1 atom stereocenters. The molecule has 0 aromatic carbocycles. The molecule has 1 unspecified atom stereocenters. The topological polar surface area (TPSA) is 15.3 Å². The number of hydrazine groups is 1. The molecule has 12 heavy (non-hydrogen) atoms. The molecule has 0 radical (unpaired) electrons. The molecule has 2 aliphatic rings. The number of piperidine rings is 1. The molecule has 1 saturated heterocycles. The summed E-state index contributed by atoms with van der Waals surface area (Å²) in [5.41, 5.74) is 3.62. The van der Waals surface area contributed by atoms with Crippen molar-refractivity contribution in [2.24, 2.45) is 0 Å². The first-order chi connectivity index (χ1) is 5.90. The van der Waals surface area contributed by atoms with Crippen molar-refractivity contribution in [3.05, 3.63) is 0 Å². The summed E-state index contributed by atoms with van der Waals surface area (Å²) >= 11 is 2.51. The second-order valence-electron chi connectivity index (χ2n) is 3.90. The molecule has 1 aliphatic heterocycles. The number of hydrogen-bond acceptors (Lipinski definition) is 2. The molecule has 0 bridgehead atoms. The fourth-order valence-electron chi connectivity index (χ4n) is 1.78. The van der Waals surface area contributed by atoms with E-state index < -0.39 is 0 Å². The summed E-state index contributed by atoms with van der Waals surface area (Å²) in [4.78, 5) is 0. The van der Waals surface area contributed by atoms with Crippen LogP contribution in [0.3, 0.4) is 0 Å². The minimum absolute atomic E-state index is 0.806. The summed E-state index contributed by atoms with van der Waals surface area (Å²) in [6.07, 6.45) is 6.99. The van der Waals surface area contributed by atoms with Gasteiger partial charge in [-0.25, -0.2) is 5.01 Å². The van der Waals surface area contributed by atoms with Crippen molar-refractivity contribution in [1.82, 2.24) is 10.4 Å². The quantitative estimate of drug-likeness (QED) is 0.628. The highest BCUT2D eigenvalue weighted by Gasteiger charge is 2.28. The average Bonchev–Trinajstić information content (AvgIpc) is 2.89. The van der Waals surface area contributed by atoms with E-state index in [9.17, 15) is 0 Å². The van der Waals surface area contributed by atoms with Gasteiger partial charge in [0.15, 0.2) is 0 Å². The highest BCUT2D eigenvalue weighted by atomic mass is 127. The van der Waals surface area contributed by atoms with Crippen LogP contribution in [0.1, 0.15) is 32.1 Å². The molecule has 2 rings (SSSR count). The van der Waals surface area contributed by atoms with Crippen molar-refractivity contribution in [2.75, 3.05) is 11.0 Å². The number of halogens is 1. The van der Waals surface area contributed by atoms with Crippen LogP contribution >= 0.6 is 22.6 Å². The summed E-state index contributed by atoms with van der Waals surface area (Å²) in [6.45, 7) is 1.27. The van der Waals surface area contributed by atoms with E-state index in [0.717, 1.165) is 12.1 Å². The van der Waals surface area contributed by atoms with Gasteiger partial charge < -0.3 is 0 Å². The van der Waals surface area contributed by atoms with Gasteiger partial charge in [0.05, 0.1) is 0 Å². The first-order valence-electron chi connectivity index (χ1n) is 4.99. The van der Waals surface area contributed by atoms with Crippen molar-refractivity contribution in [2.45, 2.75) is 44.2 Å². The molecule has 1 saturated carbocycles. The van der Waals surface area contributed by atoms with Gasteiger partial charge in [0.25, 0.3) is 0 Å². The van der Waals surface area contributed by atoms with E-state index >= 15 is 0 Å². The van der Waals surface area contributed by atoms with Gasteiger partial charge in [0.2, 0.25) is 0 Å². The van der Waals surface area contributed by atoms with Crippen molar-refractivity contribution in [3.63, 3.8) is 0 Å². The van der Waals surface area contributed by atoms with Crippen molar-refractivity contribution in [1.29, 1.82) is 0 Å². The summed E-state index contributed by atoms with van der Waals surface area (Å²) < 4.78 is 1.28. The minimum atomic E-state index is 0.806. The molecule has 2 fully saturated rings. The molecule has 1 aliphatic carbocycles. The number of alkyl halides is 1. The predicted octanol–water partition coefficient (Wildman–Crippen LogP) is 1.94. The molecule has 70 valence electrons. The van der Waals surface area contributed by atoms with E-state index in [1.807, 2.05) is 0 Å². The Kier molecular flexibility index (Phi) is 3.26. The molecule has 0 aromatic rings. The lowest BCUT2D eigenvalue weighted by atomic mass is 10.1. The molecular formula is C9H17IN2. The molecule has 0 spiro atoms. The van der Waals surface area contributed by atoms with Gasteiger partial charge in [-0.05, 0) is 25.7 Å². The maximum atomic E-state index is 3.62. The molecule has 1 N–H and O–H groups in total. The Labute approximate surface area is 88.2 Å². The first kappa shape index (κ1) is 9.21. The predicted molar refractivity (Wildman–Crippen MR) is 59.4 cm³/mol. The second-order valence-corrected chi connectivity index (χ2v) is 4.78. The SMILES string of the molecule is ICC1CCCCN1NC1CC1. The van der Waals surface area contributed by atoms with E-state index in [1.165, 1.54) is 43.1 Å². The third-order valence-electron chi connectivity index (χ3n) is 2.73. The van der Waals surface area contributed by atoms with Crippen molar-refractivity contribution in [3.8, 4) is 0 Å². The van der Waals surface area contributed by atoms with Crippen LogP contribution in [0.5, 0.6) is 0 Å². The lowest BCUT2D eigenvalue weighted by Gasteiger charge is -2.35. The maximum absolute atomic E-state index is 3.62. The number of rotatable bonds is 3. The molecule has 0 amide bonds. The summed E-state index contributed by atoms with van der Waals surface area (Å²) in [5, 5.41) is 2.49. The second kappa shape index (κ2) is 4.24. The monoisotopic (exact) mass is 280 g/mol. The first-order valence-corrected chi connectivity index (χ1v) is 6.51. The number of nitrogens with zero attached hydrogens (tertiary/aromatic N) is 1. The standard InChI is InChI=1S/C9H17IN2/c10-7-9-3-1-2-6-12(9)11-8-4-5-8/h8-9,11H,1-7H2. The Balaban J connectivity index is 1.81. The van der Waals surface area contributed by atoms with Crippen LogP contribution < -0.4 is 5.43 Å². The van der Waals surface area contributed by atoms with Crippen LogP contribution in [-0.4, -0.2) is 28.1 Å². The molecule has 2 nitrogen and oxygen atoms in total. The zero-order valence-corrected chi connectivity index (χ0v) is 9.59. The fraction of sp³-hybridized carbons (Fsp3) is 1.00. The highest BCUT2D eigenvalue weighted by Crippen LogP contribution is 2.23. The Bertz CT molecular complexity index is 147. The Morgan fingerprint density at radius 1 is 1.25 bits per heavy atom. The van der Waals surface area contributed by atoms with Gasteiger partial charge in [-0.1, -0.05) is 29.0 Å². The van der Waals surface area contributed by atoms with Gasteiger partial charge in [-0.2, -0.15) is 0 Å². The molecule has 3 heteroatoms. The summed E-state index contributed by atoms with van der Waals surface area (Å²) in [6, 6.07) is 1.63. The molecule has 0 aromatic heterocycles. The lowest BCUT2D eigenvalue weighted by Crippen LogP contribution is -2.50. The largest absolute Gasteiger partial charge is 0.252 e. The van der Waals surface area contributed by atoms with Crippen LogP contribution in [0.2, 0.25) is 0 Å². The fourth-order valence-corrected chi connectivity index (χ4v) is 2.69.